The fraction of sp³-hybridized carbons (Fsp3) is 0.154. The van der Waals surface area contributed by atoms with Gasteiger partial charge in [-0.1, -0.05) is 6.07 Å². The fourth-order valence-corrected chi connectivity index (χ4v) is 2.25. The molecule has 0 saturated carbocycles. The number of rotatable bonds is 5. The molecule has 6 heteroatoms. The van der Waals surface area contributed by atoms with Gasteiger partial charge in [0.15, 0.2) is 0 Å². The second kappa shape index (κ2) is 6.16. The molecule has 0 aliphatic carbocycles. The highest BCUT2D eigenvalue weighted by Gasteiger charge is 2.05. The number of ether oxygens (including phenoxy) is 1. The summed E-state index contributed by atoms with van der Waals surface area (Å²) in [6, 6.07) is 12.0. The number of anilines is 1. The number of halogens is 2. The molecule has 3 nitrogen and oxygen atoms in total. The van der Waals surface area contributed by atoms with Crippen molar-refractivity contribution in [3.8, 4) is 11.8 Å². The number of thiophene rings is 1. The molecule has 1 aromatic carbocycles. The van der Waals surface area contributed by atoms with E-state index in [9.17, 15) is 8.78 Å². The Bertz CT molecular complexity index is 592. The molecule has 0 amide bonds. The molecule has 0 atom stereocenters. The second-order valence-electron chi connectivity index (χ2n) is 3.64. The number of hydrogen-bond donors (Lipinski definition) is 1. The molecular weight excluding hydrogens is 270 g/mol. The summed E-state index contributed by atoms with van der Waals surface area (Å²) in [7, 11) is 0. The molecule has 0 spiro atoms. The normalized spacial score (nSPS) is 10.2. The van der Waals surface area contributed by atoms with Crippen molar-refractivity contribution in [2.24, 2.45) is 0 Å². The van der Waals surface area contributed by atoms with Crippen LogP contribution < -0.4 is 10.1 Å². The van der Waals surface area contributed by atoms with Crippen molar-refractivity contribution in [2.75, 3.05) is 5.32 Å². The average molecular weight is 280 g/mol. The van der Waals surface area contributed by atoms with E-state index >= 15 is 0 Å². The molecule has 0 fully saturated rings. The Morgan fingerprint density at radius 3 is 2.84 bits per heavy atom. The van der Waals surface area contributed by atoms with Gasteiger partial charge in [0, 0.05) is 23.2 Å². The van der Waals surface area contributed by atoms with Crippen LogP contribution >= 0.6 is 11.3 Å². The van der Waals surface area contributed by atoms with E-state index in [0.29, 0.717) is 17.1 Å². The maximum Gasteiger partial charge on any atom is 0.387 e. The number of benzene rings is 1. The molecule has 98 valence electrons. The Morgan fingerprint density at radius 1 is 1.32 bits per heavy atom. The van der Waals surface area contributed by atoms with E-state index in [1.54, 1.807) is 18.2 Å². The summed E-state index contributed by atoms with van der Waals surface area (Å²) in [5, 5.41) is 11.8. The van der Waals surface area contributed by atoms with E-state index in [1.807, 2.05) is 6.07 Å². The Morgan fingerprint density at radius 2 is 2.16 bits per heavy atom. The van der Waals surface area contributed by atoms with Crippen molar-refractivity contribution < 1.29 is 13.5 Å². The molecule has 0 unspecified atom stereocenters. The van der Waals surface area contributed by atoms with Crippen molar-refractivity contribution in [1.82, 2.24) is 0 Å². The molecule has 0 saturated heterocycles. The number of nitrogens with zero attached hydrogens (tertiary/aromatic N) is 1. The quantitative estimate of drug-likeness (QED) is 0.905. The van der Waals surface area contributed by atoms with Crippen LogP contribution in [-0.4, -0.2) is 6.61 Å². The van der Waals surface area contributed by atoms with Crippen molar-refractivity contribution in [3.63, 3.8) is 0 Å². The first-order chi connectivity index (χ1) is 9.17. The van der Waals surface area contributed by atoms with E-state index in [-0.39, 0.29) is 5.75 Å². The predicted molar refractivity (Wildman–Crippen MR) is 69.4 cm³/mol. The Labute approximate surface area is 113 Å². The molecule has 19 heavy (non-hydrogen) atoms. The number of alkyl halides is 2. The van der Waals surface area contributed by atoms with Crippen molar-refractivity contribution in [1.29, 1.82) is 5.26 Å². The highest BCUT2D eigenvalue weighted by molar-refractivity contribution is 7.12. The molecule has 0 aliphatic rings. The highest BCUT2D eigenvalue weighted by Crippen LogP contribution is 2.21. The van der Waals surface area contributed by atoms with E-state index in [2.05, 4.69) is 16.1 Å². The maximum absolute atomic E-state index is 12.1. The minimum absolute atomic E-state index is 0.115. The van der Waals surface area contributed by atoms with Crippen LogP contribution in [0.3, 0.4) is 0 Å². The van der Waals surface area contributed by atoms with Gasteiger partial charge in [0.2, 0.25) is 0 Å². The van der Waals surface area contributed by atoms with Gasteiger partial charge in [0.25, 0.3) is 0 Å². The lowest BCUT2D eigenvalue weighted by Crippen LogP contribution is -2.03. The van der Waals surface area contributed by atoms with Gasteiger partial charge in [-0.3, -0.25) is 0 Å². The summed E-state index contributed by atoms with van der Waals surface area (Å²) >= 11 is 1.39. The molecule has 0 bridgehead atoms. The maximum atomic E-state index is 12.1. The third-order valence-electron chi connectivity index (χ3n) is 2.30. The summed E-state index contributed by atoms with van der Waals surface area (Å²) in [6.45, 7) is -2.30. The summed E-state index contributed by atoms with van der Waals surface area (Å²) in [4.78, 5) is 1.64. The third-order valence-corrected chi connectivity index (χ3v) is 3.29. The Kier molecular flexibility index (Phi) is 4.31. The molecule has 1 heterocycles. The minimum atomic E-state index is -2.83. The molecule has 2 rings (SSSR count). The zero-order valence-electron chi connectivity index (χ0n) is 9.77. The molecule has 1 N–H and O–H groups in total. The van der Waals surface area contributed by atoms with Crippen LogP contribution in [0, 0.1) is 11.3 Å². The molecule has 2 aromatic rings. The summed E-state index contributed by atoms with van der Waals surface area (Å²) in [5.74, 6) is 0.115. The van der Waals surface area contributed by atoms with Crippen molar-refractivity contribution in [3.05, 3.63) is 46.2 Å². The Balaban J connectivity index is 1.97. The van der Waals surface area contributed by atoms with E-state index in [4.69, 9.17) is 5.26 Å². The van der Waals surface area contributed by atoms with Crippen LogP contribution in [0.5, 0.6) is 5.75 Å². The second-order valence-corrected chi connectivity index (χ2v) is 4.81. The van der Waals surface area contributed by atoms with Gasteiger partial charge in [-0.15, -0.1) is 11.3 Å². The van der Waals surface area contributed by atoms with Gasteiger partial charge in [0.05, 0.1) is 0 Å². The van der Waals surface area contributed by atoms with E-state index in [0.717, 1.165) is 4.88 Å². The summed E-state index contributed by atoms with van der Waals surface area (Å²) < 4.78 is 28.5. The van der Waals surface area contributed by atoms with Gasteiger partial charge >= 0.3 is 6.61 Å². The first kappa shape index (κ1) is 13.3. The first-order valence-electron chi connectivity index (χ1n) is 5.45. The molecule has 0 aliphatic heterocycles. The van der Waals surface area contributed by atoms with E-state index in [1.165, 1.54) is 23.5 Å². The predicted octanol–water partition coefficient (Wildman–Crippen LogP) is 3.83. The largest absolute Gasteiger partial charge is 0.435 e. The molecule has 1 aromatic heterocycles. The van der Waals surface area contributed by atoms with Crippen LogP contribution in [0.4, 0.5) is 14.5 Å². The lowest BCUT2D eigenvalue weighted by Gasteiger charge is -2.08. The van der Waals surface area contributed by atoms with Crippen LogP contribution in [0.25, 0.3) is 0 Å². The zero-order valence-corrected chi connectivity index (χ0v) is 10.6. The first-order valence-corrected chi connectivity index (χ1v) is 6.26. The van der Waals surface area contributed by atoms with Crippen LogP contribution in [0.1, 0.15) is 9.75 Å². The van der Waals surface area contributed by atoms with Gasteiger partial charge < -0.3 is 10.1 Å². The minimum Gasteiger partial charge on any atom is -0.435 e. The van der Waals surface area contributed by atoms with Gasteiger partial charge in [-0.25, -0.2) is 0 Å². The highest BCUT2D eigenvalue weighted by atomic mass is 32.1. The third kappa shape index (κ3) is 3.93. The fourth-order valence-electron chi connectivity index (χ4n) is 1.50. The van der Waals surface area contributed by atoms with Gasteiger partial charge in [-0.05, 0) is 24.3 Å². The molecule has 0 radical (unpaired) electrons. The Hall–Kier alpha value is -2.13. The van der Waals surface area contributed by atoms with Crippen LogP contribution in [0.2, 0.25) is 0 Å². The number of nitriles is 1. The van der Waals surface area contributed by atoms with E-state index < -0.39 is 6.61 Å². The SMILES string of the molecule is N#Cc1ccc(CNc2cccc(OC(F)F)c2)s1. The summed E-state index contributed by atoms with van der Waals surface area (Å²) in [5.41, 5.74) is 0.685. The summed E-state index contributed by atoms with van der Waals surface area (Å²) in [6.07, 6.45) is 0. The number of hydrogen-bond acceptors (Lipinski definition) is 4. The topological polar surface area (TPSA) is 45.0 Å². The molecular formula is C13H10F2N2OS. The van der Waals surface area contributed by atoms with Crippen LogP contribution in [-0.2, 0) is 6.54 Å². The lowest BCUT2D eigenvalue weighted by atomic mass is 10.3. The van der Waals surface area contributed by atoms with Gasteiger partial charge in [0.1, 0.15) is 16.7 Å². The van der Waals surface area contributed by atoms with Crippen molar-refractivity contribution in [2.45, 2.75) is 13.2 Å². The lowest BCUT2D eigenvalue weighted by molar-refractivity contribution is -0.0498. The van der Waals surface area contributed by atoms with Crippen LogP contribution in [0.15, 0.2) is 36.4 Å². The zero-order chi connectivity index (χ0) is 13.7. The van der Waals surface area contributed by atoms with Crippen molar-refractivity contribution >= 4 is 17.0 Å². The number of nitrogens with one attached hydrogen (secondary N) is 1. The standard InChI is InChI=1S/C13H10F2N2OS/c14-13(15)18-10-3-1-2-9(6-10)17-8-12-5-4-11(7-16)19-12/h1-6,13,17H,8H2. The van der Waals surface area contributed by atoms with Gasteiger partial charge in [-0.2, -0.15) is 14.0 Å². The average Bonchev–Trinajstić information content (AvgIpc) is 2.84. The smallest absolute Gasteiger partial charge is 0.387 e. The monoisotopic (exact) mass is 280 g/mol.